The van der Waals surface area contributed by atoms with Crippen molar-refractivity contribution in [2.24, 2.45) is 11.8 Å². The second-order valence-electron chi connectivity index (χ2n) is 12.7. The molecule has 0 aromatic heterocycles. The van der Waals surface area contributed by atoms with E-state index in [0.29, 0.717) is 0 Å². The number of benzene rings is 4. The van der Waals surface area contributed by atoms with Crippen LogP contribution in [0.3, 0.4) is 0 Å². The minimum atomic E-state index is -4.94. The third kappa shape index (κ3) is 14.1. The molecule has 8 rings (SSSR count). The zero-order valence-corrected chi connectivity index (χ0v) is 33.4. The number of fused-ring (bicyclic) bond motifs is 2. The molecule has 0 saturated heterocycles. The Hall–Kier alpha value is -1.51. The molecular formula is C41H46ClFeO4P2Rh-. The van der Waals surface area contributed by atoms with Gasteiger partial charge < -0.3 is 0 Å². The van der Waals surface area contributed by atoms with Crippen LogP contribution >= 0.6 is 15.8 Å². The van der Waals surface area contributed by atoms with E-state index in [0.717, 1.165) is 23.2 Å². The number of hydrogen-bond donors (Lipinski definition) is 0. The van der Waals surface area contributed by atoms with Crippen molar-refractivity contribution in [1.29, 1.82) is 0 Å². The van der Waals surface area contributed by atoms with Crippen LogP contribution in [0, 0.1) is 22.1 Å². The van der Waals surface area contributed by atoms with E-state index >= 15 is 0 Å². The van der Waals surface area contributed by atoms with Gasteiger partial charge in [-0.3, -0.25) is 0 Å². The summed E-state index contributed by atoms with van der Waals surface area (Å²) in [7, 11) is -5.25. The van der Waals surface area contributed by atoms with Crippen molar-refractivity contribution in [2.75, 3.05) is 0 Å². The Kier molecular flexibility index (Phi) is 19.3. The molecule has 4 aliphatic carbocycles. The van der Waals surface area contributed by atoms with Crippen LogP contribution in [-0.4, -0.2) is 11.3 Å². The van der Waals surface area contributed by atoms with Gasteiger partial charge in [0.2, 0.25) is 0 Å². The van der Waals surface area contributed by atoms with Crippen molar-refractivity contribution < 1.29 is 65.4 Å². The van der Waals surface area contributed by atoms with Crippen LogP contribution in [-0.2, 0) is 36.5 Å². The van der Waals surface area contributed by atoms with Crippen LogP contribution in [0.25, 0.3) is 0 Å². The van der Waals surface area contributed by atoms with Gasteiger partial charge in [-0.1, -0.05) is 171 Å². The minimum absolute atomic E-state index is 0. The zero-order valence-electron chi connectivity index (χ0n) is 28.1. The first-order chi connectivity index (χ1) is 23.3. The summed E-state index contributed by atoms with van der Waals surface area (Å²) < 4.78 is 34.0. The zero-order chi connectivity index (χ0) is 33.6. The summed E-state index contributed by atoms with van der Waals surface area (Å²) in [5, 5.41) is 6.19. The van der Waals surface area contributed by atoms with Crippen molar-refractivity contribution in [1.82, 2.24) is 0 Å². The molecule has 4 aromatic rings. The molecule has 9 heteroatoms. The van der Waals surface area contributed by atoms with Crippen molar-refractivity contribution in [3.63, 3.8) is 0 Å². The monoisotopic (exact) mass is 858 g/mol. The molecular weight excluding hydrogens is 813 g/mol. The van der Waals surface area contributed by atoms with Gasteiger partial charge in [0.25, 0.3) is 0 Å². The SMILES string of the molecule is C1=CC2C=CC1C2.[Fe].[O-][Cl+3]([O-])([O-])[O-].[Rh].c1ccc(P(c2ccccc2)C2CCCC2)cc1.c1ccc(P(c2ccccc2)C2CCCC2)cc1. The molecule has 0 heterocycles. The van der Waals surface area contributed by atoms with E-state index in [4.69, 9.17) is 18.6 Å². The number of rotatable bonds is 6. The molecule has 1 radical (unpaired) electrons. The van der Waals surface area contributed by atoms with Crippen LogP contribution in [0.1, 0.15) is 57.8 Å². The molecule has 2 saturated carbocycles. The summed E-state index contributed by atoms with van der Waals surface area (Å²) in [6.07, 6.45) is 21.9. The van der Waals surface area contributed by atoms with Gasteiger partial charge in [0, 0.05) is 36.5 Å². The Morgan fingerprint density at radius 3 is 0.820 bits per heavy atom. The summed E-state index contributed by atoms with van der Waals surface area (Å²) in [6, 6.07) is 44.5. The van der Waals surface area contributed by atoms with E-state index in [1.807, 2.05) is 0 Å². The van der Waals surface area contributed by atoms with E-state index < -0.39 is 10.2 Å². The predicted octanol–water partition coefficient (Wildman–Crippen LogP) is 5.11. The summed E-state index contributed by atoms with van der Waals surface area (Å²) in [5.74, 6) is 1.62. The van der Waals surface area contributed by atoms with Crippen molar-refractivity contribution in [3.05, 3.63) is 146 Å². The molecule has 2 fully saturated rings. The molecule has 269 valence electrons. The van der Waals surface area contributed by atoms with Gasteiger partial charge >= 0.3 is 0 Å². The molecule has 0 aliphatic heterocycles. The molecule has 4 aromatic carbocycles. The van der Waals surface area contributed by atoms with Crippen molar-refractivity contribution >= 4 is 37.1 Å². The van der Waals surface area contributed by atoms with Gasteiger partial charge in [0.15, 0.2) is 0 Å². The van der Waals surface area contributed by atoms with Crippen LogP contribution in [0.15, 0.2) is 146 Å². The van der Waals surface area contributed by atoms with E-state index in [1.54, 1.807) is 21.2 Å². The molecule has 4 aliphatic rings. The molecule has 2 bridgehead atoms. The average Bonchev–Trinajstić information content (AvgIpc) is 3.95. The first-order valence-corrected chi connectivity index (χ1v) is 21.2. The Morgan fingerprint density at radius 2 is 0.640 bits per heavy atom. The van der Waals surface area contributed by atoms with Gasteiger partial charge in [-0.2, -0.15) is 0 Å². The van der Waals surface area contributed by atoms with Gasteiger partial charge in [-0.05, 0) is 92.3 Å². The Balaban J connectivity index is 0.000000198. The quantitative estimate of drug-likeness (QED) is 0.153. The first-order valence-electron chi connectivity index (χ1n) is 17.1. The second-order valence-corrected chi connectivity index (χ2v) is 18.4. The second kappa shape index (κ2) is 22.5. The Labute approximate surface area is 327 Å². The molecule has 4 nitrogen and oxygen atoms in total. The minimum Gasteiger partial charge on any atom is -0.222 e. The number of hydrogen-bond acceptors (Lipinski definition) is 4. The summed E-state index contributed by atoms with van der Waals surface area (Å²) in [6.45, 7) is 0. The van der Waals surface area contributed by atoms with E-state index in [1.165, 1.54) is 57.8 Å². The normalized spacial score (nSPS) is 19.0. The number of allylic oxidation sites excluding steroid dienone is 4. The van der Waals surface area contributed by atoms with Crippen LogP contribution in [0.4, 0.5) is 0 Å². The van der Waals surface area contributed by atoms with E-state index in [-0.39, 0.29) is 52.4 Å². The summed E-state index contributed by atoms with van der Waals surface area (Å²) in [4.78, 5) is 0. The molecule has 0 unspecified atom stereocenters. The standard InChI is InChI=1S/2C17H19P.C7H8.ClHO4.Fe.Rh/c2*1-3-9-15(10-4-1)18(17-13-7-8-14-17)16-11-5-2-6-12-16;1-2-7-4-3-6(1)5-7;2-1(3,4)5;;/h2*1-6,9-12,17H,7-8,13-14H2;1-4,6-7H,5H2;(H,2,3,4,5);;/p-1. The maximum atomic E-state index is 8.49. The maximum absolute atomic E-state index is 8.49. The molecule has 0 N–H and O–H groups in total. The predicted molar refractivity (Wildman–Crippen MR) is 193 cm³/mol. The molecule has 0 atom stereocenters. The smallest absolute Gasteiger partial charge is 0 e. The Bertz CT molecular complexity index is 1320. The third-order valence-electron chi connectivity index (χ3n) is 9.27. The van der Waals surface area contributed by atoms with Gasteiger partial charge in [-0.15, -0.1) is 10.2 Å². The van der Waals surface area contributed by atoms with Crippen LogP contribution in [0.2, 0.25) is 0 Å². The van der Waals surface area contributed by atoms with Crippen molar-refractivity contribution in [3.8, 4) is 0 Å². The largest absolute Gasteiger partial charge is 0.222 e. The van der Waals surface area contributed by atoms with E-state index in [9.17, 15) is 0 Å². The molecule has 0 spiro atoms. The fraction of sp³-hybridized carbons (Fsp3) is 0.317. The topological polar surface area (TPSA) is 92.2 Å². The first kappa shape index (κ1) is 42.9. The van der Waals surface area contributed by atoms with Gasteiger partial charge in [-0.25, -0.2) is 18.6 Å². The fourth-order valence-electron chi connectivity index (χ4n) is 7.15. The van der Waals surface area contributed by atoms with Gasteiger partial charge in [0.05, 0.1) is 0 Å². The fourth-order valence-corrected chi connectivity index (χ4v) is 13.2. The Morgan fingerprint density at radius 1 is 0.420 bits per heavy atom. The average molecular weight is 859 g/mol. The maximum Gasteiger partial charge on any atom is 0 e. The summed E-state index contributed by atoms with van der Waals surface area (Å²) in [5.41, 5.74) is 1.79. The van der Waals surface area contributed by atoms with Gasteiger partial charge in [0.1, 0.15) is 0 Å². The molecule has 50 heavy (non-hydrogen) atoms. The van der Waals surface area contributed by atoms with E-state index in [2.05, 4.69) is 146 Å². The number of halogens is 1. The molecule has 0 amide bonds. The van der Waals surface area contributed by atoms with Crippen molar-refractivity contribution in [2.45, 2.75) is 69.1 Å². The summed E-state index contributed by atoms with van der Waals surface area (Å²) >= 11 is 0. The third-order valence-corrected chi connectivity index (χ3v) is 15.2. The van der Waals surface area contributed by atoms with Crippen LogP contribution in [0.5, 0.6) is 0 Å². The van der Waals surface area contributed by atoms with Crippen LogP contribution < -0.4 is 39.9 Å².